The molecular weight excluding hydrogens is 306 g/mol. The molecule has 0 amide bonds. The summed E-state index contributed by atoms with van der Waals surface area (Å²) in [5.74, 6) is 0.572. The van der Waals surface area contributed by atoms with Gasteiger partial charge in [-0.05, 0) is 56.6 Å². The van der Waals surface area contributed by atoms with Gasteiger partial charge in [0.2, 0.25) is 0 Å². The number of hydrogen-bond donors (Lipinski definition) is 2. The fourth-order valence-electron chi connectivity index (χ4n) is 3.94. The van der Waals surface area contributed by atoms with E-state index in [-0.39, 0.29) is 6.04 Å². The van der Waals surface area contributed by atoms with Crippen LogP contribution >= 0.6 is 0 Å². The summed E-state index contributed by atoms with van der Waals surface area (Å²) < 4.78 is 0. The maximum atomic E-state index is 10.6. The molecule has 0 bridgehead atoms. The van der Waals surface area contributed by atoms with Crippen LogP contribution in [0.1, 0.15) is 38.3 Å². The summed E-state index contributed by atoms with van der Waals surface area (Å²) in [5, 5.41) is 18.0. The first kappa shape index (κ1) is 16.3. The van der Waals surface area contributed by atoms with Gasteiger partial charge in [0.05, 0.1) is 12.1 Å². The van der Waals surface area contributed by atoms with Crippen molar-refractivity contribution in [3.8, 4) is 0 Å². The molecule has 2 heteroatoms. The lowest BCUT2D eigenvalue weighted by atomic mass is 9.88. The molecular formula is C23H25NO. The maximum absolute atomic E-state index is 10.6. The van der Waals surface area contributed by atoms with Crippen molar-refractivity contribution in [1.82, 2.24) is 0 Å². The van der Waals surface area contributed by atoms with Gasteiger partial charge in [0, 0.05) is 0 Å². The fourth-order valence-corrected chi connectivity index (χ4v) is 3.94. The second-order valence-electron chi connectivity index (χ2n) is 7.58. The molecule has 0 radical (unpaired) electrons. The molecule has 2 nitrogen and oxygen atoms in total. The summed E-state index contributed by atoms with van der Waals surface area (Å²) in [6.45, 7) is 4.35. The lowest BCUT2D eigenvalue weighted by Gasteiger charge is -2.23. The largest absolute Gasteiger partial charge is 0.391 e. The summed E-state index contributed by atoms with van der Waals surface area (Å²) in [7, 11) is 0. The Morgan fingerprint density at radius 1 is 0.800 bits per heavy atom. The van der Waals surface area contributed by atoms with Gasteiger partial charge in [-0.25, -0.2) is 0 Å². The second kappa shape index (κ2) is 6.29. The van der Waals surface area contributed by atoms with Crippen LogP contribution in [-0.4, -0.2) is 11.2 Å². The van der Waals surface area contributed by atoms with Crippen LogP contribution in [0.15, 0.2) is 54.6 Å². The van der Waals surface area contributed by atoms with Crippen LogP contribution in [0.2, 0.25) is 0 Å². The van der Waals surface area contributed by atoms with E-state index in [0.717, 1.165) is 23.8 Å². The molecule has 0 aliphatic rings. The number of aliphatic hydroxyl groups excluding tert-OH is 1. The maximum Gasteiger partial charge on any atom is 0.0733 e. The molecule has 0 unspecified atom stereocenters. The molecule has 3 N–H and O–H groups in total. The van der Waals surface area contributed by atoms with Crippen LogP contribution < -0.4 is 5.73 Å². The Hall–Kier alpha value is -2.16. The molecule has 0 spiro atoms. The van der Waals surface area contributed by atoms with Gasteiger partial charge in [0.25, 0.3) is 0 Å². The number of hydrogen-bond acceptors (Lipinski definition) is 2. The van der Waals surface area contributed by atoms with E-state index in [0.29, 0.717) is 5.92 Å². The third-order valence-electron chi connectivity index (χ3n) is 5.38. The summed E-state index contributed by atoms with van der Waals surface area (Å²) in [6, 6.07) is 19.0. The molecule has 4 rings (SSSR count). The van der Waals surface area contributed by atoms with Crippen molar-refractivity contribution in [3.05, 3.63) is 60.2 Å². The van der Waals surface area contributed by atoms with E-state index in [9.17, 15) is 5.11 Å². The third-order valence-corrected chi connectivity index (χ3v) is 5.38. The summed E-state index contributed by atoms with van der Waals surface area (Å²) in [4.78, 5) is 0. The molecule has 0 aliphatic heterocycles. The highest BCUT2D eigenvalue weighted by Crippen LogP contribution is 2.37. The normalized spacial score (nSPS) is 14.8. The summed E-state index contributed by atoms with van der Waals surface area (Å²) in [6.07, 6.45) is 1.21. The van der Waals surface area contributed by atoms with Crippen LogP contribution in [0, 0.1) is 5.92 Å². The molecule has 4 aromatic carbocycles. The van der Waals surface area contributed by atoms with Crippen molar-refractivity contribution < 1.29 is 5.11 Å². The minimum Gasteiger partial charge on any atom is -0.391 e. The van der Waals surface area contributed by atoms with Gasteiger partial charge >= 0.3 is 0 Å². The SMILES string of the molecule is CC(C)CC[C@H](O)[C@H](N)c1ccc2ccc3cccc4ccc1c2c34. The second-order valence-corrected chi connectivity index (χ2v) is 7.58. The Labute approximate surface area is 148 Å². The Morgan fingerprint density at radius 3 is 2.08 bits per heavy atom. The van der Waals surface area contributed by atoms with E-state index < -0.39 is 6.10 Å². The van der Waals surface area contributed by atoms with Crippen molar-refractivity contribution in [2.24, 2.45) is 11.7 Å². The van der Waals surface area contributed by atoms with E-state index >= 15 is 0 Å². The van der Waals surface area contributed by atoms with Crippen LogP contribution in [0.4, 0.5) is 0 Å². The molecule has 0 aromatic heterocycles. The molecule has 0 aliphatic carbocycles. The van der Waals surface area contributed by atoms with Crippen molar-refractivity contribution in [2.45, 2.75) is 38.8 Å². The first-order valence-corrected chi connectivity index (χ1v) is 9.16. The van der Waals surface area contributed by atoms with Crippen LogP contribution in [0.5, 0.6) is 0 Å². The van der Waals surface area contributed by atoms with Crippen molar-refractivity contribution in [1.29, 1.82) is 0 Å². The molecule has 25 heavy (non-hydrogen) atoms. The molecule has 4 aromatic rings. The van der Waals surface area contributed by atoms with Crippen LogP contribution in [0.25, 0.3) is 32.3 Å². The Kier molecular flexibility index (Phi) is 4.10. The molecule has 128 valence electrons. The zero-order chi connectivity index (χ0) is 17.6. The minimum absolute atomic E-state index is 0.358. The molecule has 0 fully saturated rings. The Bertz CT molecular complexity index is 1000. The number of rotatable bonds is 5. The predicted octanol–water partition coefficient (Wildman–Crippen LogP) is 5.38. The lowest BCUT2D eigenvalue weighted by molar-refractivity contribution is 0.129. The van der Waals surface area contributed by atoms with Gasteiger partial charge < -0.3 is 10.8 Å². The van der Waals surface area contributed by atoms with Gasteiger partial charge in [-0.15, -0.1) is 0 Å². The number of nitrogens with two attached hydrogens (primary N) is 1. The summed E-state index contributed by atoms with van der Waals surface area (Å²) in [5.41, 5.74) is 7.52. The van der Waals surface area contributed by atoms with Crippen LogP contribution in [-0.2, 0) is 0 Å². The van der Waals surface area contributed by atoms with Gasteiger partial charge in [0.1, 0.15) is 0 Å². The van der Waals surface area contributed by atoms with Crippen molar-refractivity contribution in [3.63, 3.8) is 0 Å². The summed E-state index contributed by atoms with van der Waals surface area (Å²) >= 11 is 0. The van der Waals surface area contributed by atoms with E-state index in [1.54, 1.807) is 0 Å². The van der Waals surface area contributed by atoms with E-state index in [4.69, 9.17) is 5.73 Å². The Morgan fingerprint density at radius 2 is 1.40 bits per heavy atom. The quantitative estimate of drug-likeness (QED) is 0.482. The average Bonchev–Trinajstić information content (AvgIpc) is 2.63. The Balaban J connectivity index is 1.87. The number of aliphatic hydroxyl groups is 1. The standard InChI is InChI=1S/C23H25NO/c1-14(2)6-13-20(25)23(24)19-12-10-17-8-7-15-4-3-5-16-9-11-18(19)22(17)21(15)16/h3-5,7-12,14,20,23,25H,6,13,24H2,1-2H3/t20-,23+/m0/s1. The molecule has 2 atom stereocenters. The highest BCUT2D eigenvalue weighted by atomic mass is 16.3. The minimum atomic E-state index is -0.513. The topological polar surface area (TPSA) is 46.2 Å². The molecule has 0 saturated carbocycles. The zero-order valence-electron chi connectivity index (χ0n) is 14.9. The predicted molar refractivity (Wildman–Crippen MR) is 107 cm³/mol. The first-order chi connectivity index (χ1) is 12.1. The molecule has 0 heterocycles. The van der Waals surface area contributed by atoms with Gasteiger partial charge in [-0.3, -0.25) is 0 Å². The van der Waals surface area contributed by atoms with Gasteiger partial charge in [-0.1, -0.05) is 68.4 Å². The van der Waals surface area contributed by atoms with Crippen molar-refractivity contribution >= 4 is 32.3 Å². The van der Waals surface area contributed by atoms with Crippen LogP contribution in [0.3, 0.4) is 0 Å². The van der Waals surface area contributed by atoms with E-state index in [1.165, 1.54) is 26.9 Å². The van der Waals surface area contributed by atoms with Gasteiger partial charge in [-0.2, -0.15) is 0 Å². The molecule has 0 saturated heterocycles. The zero-order valence-corrected chi connectivity index (χ0v) is 14.9. The smallest absolute Gasteiger partial charge is 0.0733 e. The average molecular weight is 331 g/mol. The fraction of sp³-hybridized carbons (Fsp3) is 0.304. The van der Waals surface area contributed by atoms with E-state index in [1.807, 2.05) is 0 Å². The van der Waals surface area contributed by atoms with Crippen molar-refractivity contribution in [2.75, 3.05) is 0 Å². The van der Waals surface area contributed by atoms with E-state index in [2.05, 4.69) is 68.4 Å². The number of benzene rings is 4. The lowest BCUT2D eigenvalue weighted by Crippen LogP contribution is -2.26. The highest BCUT2D eigenvalue weighted by Gasteiger charge is 2.20. The van der Waals surface area contributed by atoms with Gasteiger partial charge in [0.15, 0.2) is 0 Å². The monoisotopic (exact) mass is 331 g/mol. The first-order valence-electron chi connectivity index (χ1n) is 9.16. The highest BCUT2D eigenvalue weighted by molar-refractivity contribution is 6.23. The third kappa shape index (κ3) is 2.76.